The van der Waals surface area contributed by atoms with Gasteiger partial charge in [0.05, 0.1) is 13.2 Å². The van der Waals surface area contributed by atoms with Crippen molar-refractivity contribution in [2.75, 3.05) is 13.2 Å². The highest BCUT2D eigenvalue weighted by Crippen LogP contribution is 2.36. The molecule has 30 heavy (non-hydrogen) atoms. The lowest BCUT2D eigenvalue weighted by Crippen LogP contribution is -2.28. The van der Waals surface area contributed by atoms with Gasteiger partial charge in [0.1, 0.15) is 23.5 Å². The second-order valence-corrected chi connectivity index (χ2v) is 6.99. The lowest BCUT2D eigenvalue weighted by atomic mass is 10.0. The van der Waals surface area contributed by atoms with Crippen molar-refractivity contribution in [3.63, 3.8) is 0 Å². The zero-order chi connectivity index (χ0) is 21.4. The first kappa shape index (κ1) is 19.6. The van der Waals surface area contributed by atoms with Gasteiger partial charge in [-0.25, -0.2) is 9.18 Å². The Morgan fingerprint density at radius 3 is 2.80 bits per heavy atom. The van der Waals surface area contributed by atoms with Crippen LogP contribution in [0.5, 0.6) is 11.5 Å². The van der Waals surface area contributed by atoms with Crippen LogP contribution in [0.2, 0.25) is 0 Å². The number of benzene rings is 1. The summed E-state index contributed by atoms with van der Waals surface area (Å²) >= 11 is 0. The molecule has 0 aliphatic carbocycles. The highest BCUT2D eigenvalue weighted by atomic mass is 19.1. The van der Waals surface area contributed by atoms with Crippen molar-refractivity contribution in [3.05, 3.63) is 75.5 Å². The first-order valence-electron chi connectivity index (χ1n) is 9.39. The number of ether oxygens (including phenoxy) is 2. The third-order valence-corrected chi connectivity index (χ3v) is 4.86. The number of hydrogen-bond donors (Lipinski definition) is 1. The predicted octanol–water partition coefficient (Wildman–Crippen LogP) is 2.96. The molecule has 0 saturated heterocycles. The quantitative estimate of drug-likeness (QED) is 0.525. The second-order valence-electron chi connectivity index (χ2n) is 6.99. The molecule has 0 unspecified atom stereocenters. The Bertz CT molecular complexity index is 1230. The molecule has 0 atom stereocenters. The van der Waals surface area contributed by atoms with Gasteiger partial charge in [-0.15, -0.1) is 0 Å². The number of esters is 1. The summed E-state index contributed by atoms with van der Waals surface area (Å²) in [5, 5.41) is 10.7. The molecule has 0 saturated carbocycles. The van der Waals surface area contributed by atoms with Crippen LogP contribution < -0.4 is 10.3 Å². The molecule has 8 heteroatoms. The molecule has 0 spiro atoms. The van der Waals surface area contributed by atoms with Crippen molar-refractivity contribution in [1.82, 2.24) is 9.55 Å². The van der Waals surface area contributed by atoms with Crippen molar-refractivity contribution in [3.8, 4) is 11.5 Å². The van der Waals surface area contributed by atoms with E-state index in [-0.39, 0.29) is 36.6 Å². The number of carbonyl (C=O) groups is 1. The summed E-state index contributed by atoms with van der Waals surface area (Å²) in [6.07, 6.45) is 1.89. The van der Waals surface area contributed by atoms with E-state index < -0.39 is 22.8 Å². The van der Waals surface area contributed by atoms with Gasteiger partial charge in [0.25, 0.3) is 5.56 Å². The molecule has 3 heterocycles. The Labute approximate surface area is 171 Å². The zero-order valence-electron chi connectivity index (χ0n) is 16.3. The van der Waals surface area contributed by atoms with Crippen molar-refractivity contribution in [2.24, 2.45) is 0 Å². The van der Waals surface area contributed by atoms with Gasteiger partial charge < -0.3 is 14.6 Å². The summed E-state index contributed by atoms with van der Waals surface area (Å²) in [6, 6.07) is 6.02. The normalized spacial score (nSPS) is 13.1. The third-order valence-electron chi connectivity index (χ3n) is 4.86. The van der Waals surface area contributed by atoms with Crippen molar-refractivity contribution >= 4 is 17.0 Å². The Balaban J connectivity index is 1.96. The SMILES string of the molecule is C=C1COc2c(Cc3ccc(F)cc3)cnc3c(O)c(C(=O)OCC)c(=O)n(c23)C1. The minimum atomic E-state index is -0.917. The van der Waals surface area contributed by atoms with Gasteiger partial charge in [0.2, 0.25) is 0 Å². The number of halogens is 1. The van der Waals surface area contributed by atoms with Crippen LogP contribution in [0.3, 0.4) is 0 Å². The van der Waals surface area contributed by atoms with E-state index in [0.29, 0.717) is 23.3 Å². The Hall–Kier alpha value is -3.68. The van der Waals surface area contributed by atoms with E-state index in [2.05, 4.69) is 11.6 Å². The van der Waals surface area contributed by atoms with Gasteiger partial charge in [-0.1, -0.05) is 18.7 Å². The summed E-state index contributed by atoms with van der Waals surface area (Å²) in [7, 11) is 0. The van der Waals surface area contributed by atoms with Crippen LogP contribution >= 0.6 is 0 Å². The monoisotopic (exact) mass is 410 g/mol. The molecule has 0 bridgehead atoms. The van der Waals surface area contributed by atoms with E-state index in [0.717, 1.165) is 5.56 Å². The van der Waals surface area contributed by atoms with Crippen LogP contribution in [0.25, 0.3) is 11.0 Å². The molecule has 154 valence electrons. The standard InChI is InChI=1S/C22H19FN2O5/c1-3-29-22(28)16-19(26)17-18-20(30-11-12(2)10-25(18)21(16)27)14(9-24-17)8-13-4-6-15(23)7-5-13/h4-7,9,26H,2-3,8,10-11H2,1H3. The largest absolute Gasteiger partial charge is 0.505 e. The topological polar surface area (TPSA) is 90.7 Å². The minimum absolute atomic E-state index is 0.0564. The molecule has 7 nitrogen and oxygen atoms in total. The first-order chi connectivity index (χ1) is 14.4. The molecule has 0 amide bonds. The van der Waals surface area contributed by atoms with Gasteiger partial charge in [-0.2, -0.15) is 0 Å². The highest BCUT2D eigenvalue weighted by molar-refractivity contribution is 5.99. The van der Waals surface area contributed by atoms with Crippen molar-refractivity contribution < 1.29 is 23.8 Å². The first-order valence-corrected chi connectivity index (χ1v) is 9.39. The van der Waals surface area contributed by atoms with E-state index in [4.69, 9.17) is 9.47 Å². The molecule has 1 aromatic carbocycles. The minimum Gasteiger partial charge on any atom is -0.505 e. The van der Waals surface area contributed by atoms with Gasteiger partial charge in [-0.3, -0.25) is 14.3 Å². The smallest absolute Gasteiger partial charge is 0.347 e. The number of aromatic hydroxyl groups is 1. The second kappa shape index (κ2) is 7.62. The Morgan fingerprint density at radius 1 is 1.37 bits per heavy atom. The number of pyridine rings is 2. The number of rotatable bonds is 4. The number of aromatic nitrogens is 2. The van der Waals surface area contributed by atoms with Gasteiger partial charge in [0.15, 0.2) is 17.1 Å². The van der Waals surface area contributed by atoms with Crippen LogP contribution in [0, 0.1) is 5.82 Å². The zero-order valence-corrected chi connectivity index (χ0v) is 16.3. The summed E-state index contributed by atoms with van der Waals surface area (Å²) in [5.74, 6) is -1.44. The molecular weight excluding hydrogens is 391 g/mol. The van der Waals surface area contributed by atoms with E-state index >= 15 is 0 Å². The molecule has 1 aliphatic heterocycles. The molecule has 4 rings (SSSR count). The molecule has 1 N–H and O–H groups in total. The van der Waals surface area contributed by atoms with E-state index in [1.165, 1.54) is 22.9 Å². The average molecular weight is 410 g/mol. The van der Waals surface area contributed by atoms with Crippen LogP contribution in [0.15, 0.2) is 47.4 Å². The molecule has 1 aliphatic rings. The summed E-state index contributed by atoms with van der Waals surface area (Å²) in [5.41, 5.74) is 1.26. The number of hydrogen-bond acceptors (Lipinski definition) is 6. The third kappa shape index (κ3) is 3.30. The van der Waals surface area contributed by atoms with Crippen LogP contribution in [0.1, 0.15) is 28.4 Å². The fourth-order valence-corrected chi connectivity index (χ4v) is 3.49. The van der Waals surface area contributed by atoms with Crippen LogP contribution in [-0.4, -0.2) is 33.8 Å². The Kier molecular flexibility index (Phi) is 4.99. The van der Waals surface area contributed by atoms with Crippen molar-refractivity contribution in [1.29, 1.82) is 0 Å². The Morgan fingerprint density at radius 2 is 2.10 bits per heavy atom. The van der Waals surface area contributed by atoms with Crippen LogP contribution in [-0.2, 0) is 17.7 Å². The lowest BCUT2D eigenvalue weighted by Gasteiger charge is -2.16. The number of carbonyl (C=O) groups excluding carboxylic acids is 1. The van der Waals surface area contributed by atoms with Gasteiger partial charge in [0, 0.05) is 18.2 Å². The van der Waals surface area contributed by atoms with E-state index in [1.807, 2.05) is 0 Å². The molecule has 0 radical (unpaired) electrons. The summed E-state index contributed by atoms with van der Waals surface area (Å²) in [4.78, 5) is 29.7. The lowest BCUT2D eigenvalue weighted by molar-refractivity contribution is 0.0520. The van der Waals surface area contributed by atoms with Crippen molar-refractivity contribution in [2.45, 2.75) is 19.9 Å². The van der Waals surface area contributed by atoms with Gasteiger partial charge in [-0.05, 0) is 30.2 Å². The van der Waals surface area contributed by atoms with Crippen LogP contribution in [0.4, 0.5) is 4.39 Å². The molecule has 3 aromatic rings. The van der Waals surface area contributed by atoms with E-state index in [9.17, 15) is 19.1 Å². The molecule has 0 fully saturated rings. The maximum absolute atomic E-state index is 13.2. The maximum Gasteiger partial charge on any atom is 0.347 e. The average Bonchev–Trinajstić information content (AvgIpc) is 2.89. The fourth-order valence-electron chi connectivity index (χ4n) is 3.49. The predicted molar refractivity (Wildman–Crippen MR) is 107 cm³/mol. The van der Waals surface area contributed by atoms with Gasteiger partial charge >= 0.3 is 5.97 Å². The summed E-state index contributed by atoms with van der Waals surface area (Å²) in [6.45, 7) is 5.85. The fraction of sp³-hybridized carbons (Fsp3) is 0.227. The molecular formula is C22H19FN2O5. The maximum atomic E-state index is 13.2. The summed E-state index contributed by atoms with van der Waals surface area (Å²) < 4.78 is 25.4. The van der Waals surface area contributed by atoms with E-state index in [1.54, 1.807) is 19.1 Å². The highest BCUT2D eigenvalue weighted by Gasteiger charge is 2.28. The molecule has 2 aromatic heterocycles. The number of nitrogens with zero attached hydrogens (tertiary/aromatic N) is 2.